The predicted octanol–water partition coefficient (Wildman–Crippen LogP) is 7.05. The molecule has 212 valence electrons. The third-order valence-corrected chi connectivity index (χ3v) is 11.5. The largest absolute Gasteiger partial charge is 0.342 e. The monoisotopic (exact) mass is 611 g/mol. The van der Waals surface area contributed by atoms with Crippen molar-refractivity contribution in [2.45, 2.75) is 0 Å². The maximum atomic E-state index is 12.9. The van der Waals surface area contributed by atoms with Gasteiger partial charge in [0.05, 0.1) is 40.9 Å². The minimum atomic E-state index is -0.468. The van der Waals surface area contributed by atoms with E-state index in [2.05, 4.69) is 32.9 Å². The number of benzene rings is 2. The number of allylic oxidation sites excluding steroid dienone is 2. The summed E-state index contributed by atoms with van der Waals surface area (Å²) in [7, 11) is 6.06. The Hall–Kier alpha value is -5.12. The van der Waals surface area contributed by atoms with E-state index in [1.54, 1.807) is 46.9 Å². The lowest BCUT2D eigenvalue weighted by Gasteiger charge is -2.05. The molecule has 5 heterocycles. The fraction of sp³-hybridized carbons (Fsp3) is 0.0857. The molecule has 0 saturated carbocycles. The Morgan fingerprint density at radius 3 is 1.30 bits per heavy atom. The zero-order valence-corrected chi connectivity index (χ0v) is 25.4. The summed E-state index contributed by atoms with van der Waals surface area (Å²) in [4.78, 5) is 50.9. The molecule has 7 aromatic rings. The number of nitrogens with zero attached hydrogens (tertiary/aromatic N) is 3. The first-order valence-corrected chi connectivity index (χ1v) is 15.7. The fourth-order valence-electron chi connectivity index (χ4n) is 6.89. The Morgan fingerprint density at radius 1 is 0.500 bits per heavy atom. The van der Waals surface area contributed by atoms with Crippen molar-refractivity contribution in [1.29, 1.82) is 0 Å². The Labute approximate surface area is 257 Å². The molecule has 0 atom stereocenters. The van der Waals surface area contributed by atoms with Crippen LogP contribution in [0.5, 0.6) is 0 Å². The zero-order valence-electron chi connectivity index (χ0n) is 23.7. The van der Waals surface area contributed by atoms with E-state index >= 15 is 0 Å². The summed E-state index contributed by atoms with van der Waals surface area (Å²) < 4.78 is 11.0. The van der Waals surface area contributed by atoms with Crippen LogP contribution in [0.1, 0.15) is 43.2 Å². The third-order valence-electron chi connectivity index (χ3n) is 9.06. The third kappa shape index (κ3) is 3.04. The molecule has 0 saturated heterocycles. The minimum absolute atomic E-state index is 0.431. The number of carbonyl (C=O) groups excluding carboxylic acids is 4. The van der Waals surface area contributed by atoms with Gasteiger partial charge in [-0.25, -0.2) is 0 Å². The van der Waals surface area contributed by atoms with Gasteiger partial charge >= 0.3 is 0 Å². The van der Waals surface area contributed by atoms with E-state index in [1.165, 1.54) is 9.40 Å². The van der Waals surface area contributed by atoms with Crippen LogP contribution in [-0.4, -0.2) is 36.8 Å². The normalized spacial score (nSPS) is 16.8. The number of thiophene rings is 2. The summed E-state index contributed by atoms with van der Waals surface area (Å²) in [6, 6.07) is 18.5. The van der Waals surface area contributed by atoms with Crippen LogP contribution >= 0.6 is 22.7 Å². The lowest BCUT2D eigenvalue weighted by Crippen LogP contribution is -2.05. The second-order valence-corrected chi connectivity index (χ2v) is 13.4. The average Bonchev–Trinajstić information content (AvgIpc) is 3.85. The number of fused-ring (bicyclic) bond motifs is 9. The van der Waals surface area contributed by atoms with Gasteiger partial charge in [-0.2, -0.15) is 0 Å². The molecule has 0 fully saturated rings. The second kappa shape index (κ2) is 8.49. The first-order valence-electron chi connectivity index (χ1n) is 14.0. The summed E-state index contributed by atoms with van der Waals surface area (Å²) in [5.74, 6) is -1.85. The van der Waals surface area contributed by atoms with Gasteiger partial charge in [0.25, 0.3) is 0 Å². The molecular formula is C35H21N3O4S2. The van der Waals surface area contributed by atoms with Crippen LogP contribution in [0, 0.1) is 0 Å². The van der Waals surface area contributed by atoms with Gasteiger partial charge in [0.2, 0.25) is 23.1 Å². The van der Waals surface area contributed by atoms with Gasteiger partial charge in [-0.05, 0) is 35.4 Å². The highest BCUT2D eigenvalue weighted by atomic mass is 32.1. The van der Waals surface area contributed by atoms with Crippen molar-refractivity contribution in [3.63, 3.8) is 0 Å². The molecule has 2 aliphatic rings. The van der Waals surface area contributed by atoms with Gasteiger partial charge in [0.1, 0.15) is 0 Å². The Balaban J connectivity index is 1.21. The van der Waals surface area contributed by atoms with Gasteiger partial charge < -0.3 is 13.7 Å². The minimum Gasteiger partial charge on any atom is -0.342 e. The maximum absolute atomic E-state index is 12.9. The van der Waals surface area contributed by atoms with Crippen molar-refractivity contribution in [3.05, 3.63) is 94.3 Å². The van der Waals surface area contributed by atoms with E-state index in [4.69, 9.17) is 0 Å². The summed E-state index contributed by atoms with van der Waals surface area (Å²) >= 11 is 3.45. The predicted molar refractivity (Wildman–Crippen MR) is 176 cm³/mol. The molecule has 9 heteroatoms. The maximum Gasteiger partial charge on any atom is 0.234 e. The first-order chi connectivity index (χ1) is 21.2. The summed E-state index contributed by atoms with van der Waals surface area (Å²) in [5.41, 5.74) is 9.23. The molecule has 44 heavy (non-hydrogen) atoms. The highest BCUT2D eigenvalue weighted by Gasteiger charge is 2.34. The fourth-order valence-corrected chi connectivity index (χ4v) is 9.64. The van der Waals surface area contributed by atoms with Crippen LogP contribution in [0.4, 0.5) is 0 Å². The number of ketones is 4. The highest BCUT2D eigenvalue weighted by Crippen LogP contribution is 2.48. The molecule has 0 aliphatic heterocycles. The van der Waals surface area contributed by atoms with Gasteiger partial charge in [0, 0.05) is 54.8 Å². The quantitative estimate of drug-likeness (QED) is 0.155. The Kier molecular flexibility index (Phi) is 4.90. The average molecular weight is 612 g/mol. The van der Waals surface area contributed by atoms with E-state index in [1.807, 2.05) is 50.5 Å². The number of carbonyl (C=O) groups is 4. The van der Waals surface area contributed by atoms with Crippen molar-refractivity contribution in [2.24, 2.45) is 21.1 Å². The molecule has 5 aromatic heterocycles. The Morgan fingerprint density at radius 2 is 0.886 bits per heavy atom. The highest BCUT2D eigenvalue weighted by molar-refractivity contribution is 7.33. The number of aromatic nitrogens is 3. The molecule has 0 unspecified atom stereocenters. The molecule has 7 nitrogen and oxygen atoms in total. The molecule has 0 N–H and O–H groups in total. The number of Topliss-reactive ketones (excluding diaryl/α,β-unsaturated/α-hetero) is 4. The van der Waals surface area contributed by atoms with Crippen LogP contribution in [0.2, 0.25) is 0 Å². The molecule has 0 amide bonds. The lowest BCUT2D eigenvalue weighted by molar-refractivity contribution is -0.110. The van der Waals surface area contributed by atoms with Crippen LogP contribution in [0.3, 0.4) is 0 Å². The zero-order chi connectivity index (χ0) is 30.2. The van der Waals surface area contributed by atoms with E-state index in [0.717, 1.165) is 42.9 Å². The van der Waals surface area contributed by atoms with Crippen molar-refractivity contribution in [2.75, 3.05) is 0 Å². The topological polar surface area (TPSA) is 83.1 Å². The molecule has 2 aromatic carbocycles. The molecule has 2 aliphatic carbocycles. The molecule has 0 bridgehead atoms. The van der Waals surface area contributed by atoms with E-state index < -0.39 is 23.1 Å². The molecule has 0 radical (unpaired) electrons. The van der Waals surface area contributed by atoms with Gasteiger partial charge in [0.15, 0.2) is 0 Å². The number of aryl methyl sites for hydroxylation is 3. The smallest absolute Gasteiger partial charge is 0.234 e. The lowest BCUT2D eigenvalue weighted by atomic mass is 10.1. The molecule has 9 rings (SSSR count). The summed E-state index contributed by atoms with van der Waals surface area (Å²) in [5, 5.41) is 0. The number of hydrogen-bond donors (Lipinski definition) is 0. The number of hydrogen-bond acceptors (Lipinski definition) is 6. The summed E-state index contributed by atoms with van der Waals surface area (Å²) in [6.07, 6.45) is 3.66. The number of rotatable bonds is 2. The van der Waals surface area contributed by atoms with E-state index in [9.17, 15) is 19.2 Å². The Bertz CT molecular complexity index is 2430. The standard InChI is InChI=1S/C35H21N3O4S2/c1-36-16(12-22-18-8-4-6-10-20(18)30(39)32(22)41)14-24-26(36)28-34(43-24)35-29(38(28)3)27-25(44-35)15-17(37(27)2)13-23-19-9-5-7-11-21(19)31(40)33(23)42/h4-15H,1-3H3/b22-12-,23-13-. The van der Waals surface area contributed by atoms with Crippen LogP contribution < -0.4 is 0 Å². The second-order valence-electron chi connectivity index (χ2n) is 11.3. The van der Waals surface area contributed by atoms with Gasteiger partial charge in [-0.1, -0.05) is 48.5 Å². The van der Waals surface area contributed by atoms with Crippen molar-refractivity contribution >= 4 is 110 Å². The molecule has 0 spiro atoms. The van der Waals surface area contributed by atoms with Crippen molar-refractivity contribution in [3.8, 4) is 0 Å². The summed E-state index contributed by atoms with van der Waals surface area (Å²) in [6.45, 7) is 0. The van der Waals surface area contributed by atoms with Crippen LogP contribution in [0.15, 0.2) is 60.7 Å². The SMILES string of the molecule is Cn1c(/C=C2\C(=O)C(=O)c3ccccc32)cc2sc3c4sc5cc(/C=C6\C(=O)C(=O)c7ccccc76)n(C)c5c4n(C)c3c21. The molecular weight excluding hydrogens is 591 g/mol. The first kappa shape index (κ1) is 25.4. The van der Waals surface area contributed by atoms with Crippen molar-refractivity contribution < 1.29 is 19.2 Å². The van der Waals surface area contributed by atoms with Crippen LogP contribution in [0.25, 0.3) is 64.2 Å². The van der Waals surface area contributed by atoms with Crippen molar-refractivity contribution in [1.82, 2.24) is 13.7 Å². The van der Waals surface area contributed by atoms with E-state index in [-0.39, 0.29) is 0 Å². The van der Waals surface area contributed by atoms with Crippen LogP contribution in [-0.2, 0) is 30.7 Å². The van der Waals surface area contributed by atoms with Gasteiger partial charge in [-0.15, -0.1) is 22.7 Å². The van der Waals surface area contributed by atoms with E-state index in [0.29, 0.717) is 33.4 Å². The van der Waals surface area contributed by atoms with Gasteiger partial charge in [-0.3, -0.25) is 19.2 Å².